The van der Waals surface area contributed by atoms with Crippen molar-refractivity contribution in [3.05, 3.63) is 131 Å². The number of carbonyl (C=O) groups is 2. The molecule has 0 radical (unpaired) electrons. The number of aryl methyl sites for hydroxylation is 1. The minimum Gasteiger partial charge on any atom is -0.449 e. The van der Waals surface area contributed by atoms with Crippen LogP contribution < -0.4 is 10.6 Å². The summed E-state index contributed by atoms with van der Waals surface area (Å²) in [5.41, 5.74) is 3.21. The van der Waals surface area contributed by atoms with Crippen molar-refractivity contribution in [2.24, 2.45) is 5.92 Å². The number of halogens is 3. The average molecular weight is 660 g/mol. The lowest BCUT2D eigenvalue weighted by molar-refractivity contribution is -0.116. The van der Waals surface area contributed by atoms with E-state index >= 15 is 0 Å². The van der Waals surface area contributed by atoms with Gasteiger partial charge in [-0.3, -0.25) is 9.78 Å². The molecule has 1 fully saturated rings. The number of nitrogens with zero attached hydrogens (tertiary/aromatic N) is 1. The molecule has 0 bridgehead atoms. The highest BCUT2D eigenvalue weighted by atomic mass is 19.1. The van der Waals surface area contributed by atoms with Crippen molar-refractivity contribution in [3.63, 3.8) is 0 Å². The fraction of sp³-hybridized carbons (Fsp3) is 0.342. The summed E-state index contributed by atoms with van der Waals surface area (Å²) in [4.78, 5) is 29.3. The molecule has 5 rings (SSSR count). The molecule has 10 heteroatoms. The quantitative estimate of drug-likeness (QED) is 0.135. The first kappa shape index (κ1) is 34.6. The fourth-order valence-corrected chi connectivity index (χ4v) is 5.93. The van der Waals surface area contributed by atoms with Crippen molar-refractivity contribution < 1.29 is 32.2 Å². The molecule has 0 aliphatic carbocycles. The summed E-state index contributed by atoms with van der Waals surface area (Å²) >= 11 is 0. The monoisotopic (exact) mass is 659 g/mol. The van der Waals surface area contributed by atoms with Crippen LogP contribution >= 0.6 is 0 Å². The van der Waals surface area contributed by atoms with Crippen LogP contribution in [-0.4, -0.2) is 42.8 Å². The Hall–Kier alpha value is -4.70. The Labute approximate surface area is 278 Å². The topological polar surface area (TPSA) is 89.5 Å². The molecule has 252 valence electrons. The van der Waals surface area contributed by atoms with Crippen LogP contribution in [0.3, 0.4) is 0 Å². The average Bonchev–Trinajstić information content (AvgIpc) is 3.10. The van der Waals surface area contributed by atoms with Gasteiger partial charge in [0, 0.05) is 30.4 Å². The van der Waals surface area contributed by atoms with Crippen molar-refractivity contribution in [2.45, 2.75) is 57.0 Å². The number of hydrogen-bond acceptors (Lipinski definition) is 5. The van der Waals surface area contributed by atoms with Crippen LogP contribution in [0.25, 0.3) is 0 Å². The van der Waals surface area contributed by atoms with Gasteiger partial charge in [-0.05, 0) is 79.5 Å². The number of anilines is 1. The molecular formula is C38H40F3N3O4. The summed E-state index contributed by atoms with van der Waals surface area (Å²) in [6, 6.07) is 21.7. The number of amides is 2. The van der Waals surface area contributed by atoms with Crippen LogP contribution in [0.2, 0.25) is 0 Å². The highest BCUT2D eigenvalue weighted by Gasteiger charge is 2.25. The van der Waals surface area contributed by atoms with E-state index in [1.54, 1.807) is 24.3 Å². The van der Waals surface area contributed by atoms with Crippen LogP contribution in [0.5, 0.6) is 0 Å². The van der Waals surface area contributed by atoms with Crippen molar-refractivity contribution >= 4 is 17.7 Å². The Morgan fingerprint density at radius 2 is 1.56 bits per heavy atom. The number of alkyl carbamates (subject to hydrolysis) is 1. The molecule has 48 heavy (non-hydrogen) atoms. The molecule has 7 nitrogen and oxygen atoms in total. The summed E-state index contributed by atoms with van der Waals surface area (Å²) in [7, 11) is 0. The van der Waals surface area contributed by atoms with Gasteiger partial charge in [0.15, 0.2) is 0 Å². The molecule has 1 aromatic heterocycles. The van der Waals surface area contributed by atoms with Crippen molar-refractivity contribution in [1.82, 2.24) is 10.3 Å². The molecule has 2 heterocycles. The van der Waals surface area contributed by atoms with Gasteiger partial charge in [-0.2, -0.15) is 0 Å². The van der Waals surface area contributed by atoms with Gasteiger partial charge < -0.3 is 20.1 Å². The molecule has 0 saturated carbocycles. The van der Waals surface area contributed by atoms with Gasteiger partial charge in [-0.25, -0.2) is 18.0 Å². The van der Waals surface area contributed by atoms with E-state index in [2.05, 4.69) is 27.8 Å². The van der Waals surface area contributed by atoms with E-state index in [1.807, 2.05) is 18.2 Å². The predicted octanol–water partition coefficient (Wildman–Crippen LogP) is 7.75. The van der Waals surface area contributed by atoms with Gasteiger partial charge >= 0.3 is 6.09 Å². The van der Waals surface area contributed by atoms with Crippen molar-refractivity contribution in [3.8, 4) is 0 Å². The second-order valence-electron chi connectivity index (χ2n) is 12.1. The van der Waals surface area contributed by atoms with Gasteiger partial charge in [0.1, 0.15) is 17.5 Å². The second-order valence-corrected chi connectivity index (χ2v) is 12.1. The van der Waals surface area contributed by atoms with E-state index in [9.17, 15) is 22.8 Å². The summed E-state index contributed by atoms with van der Waals surface area (Å²) in [5.74, 6) is -2.13. The zero-order valence-electron chi connectivity index (χ0n) is 26.7. The van der Waals surface area contributed by atoms with Crippen LogP contribution in [0.1, 0.15) is 60.3 Å². The Balaban J connectivity index is 1.08. The molecule has 2 atom stereocenters. The van der Waals surface area contributed by atoms with E-state index in [0.29, 0.717) is 42.7 Å². The zero-order chi connectivity index (χ0) is 33.7. The summed E-state index contributed by atoms with van der Waals surface area (Å²) in [5, 5.41) is 5.60. The number of ether oxygens (including phenoxy) is 2. The summed E-state index contributed by atoms with van der Waals surface area (Å²) in [6.45, 7) is 1.24. The van der Waals surface area contributed by atoms with E-state index in [4.69, 9.17) is 9.47 Å². The molecule has 1 aliphatic rings. The third-order valence-electron chi connectivity index (χ3n) is 8.60. The largest absolute Gasteiger partial charge is 0.449 e. The molecule has 2 N–H and O–H groups in total. The highest BCUT2D eigenvalue weighted by molar-refractivity contribution is 5.92. The lowest BCUT2D eigenvalue weighted by Crippen LogP contribution is -2.32. The van der Waals surface area contributed by atoms with Crippen LogP contribution in [0, 0.1) is 23.4 Å². The van der Waals surface area contributed by atoms with Gasteiger partial charge in [-0.15, -0.1) is 0 Å². The van der Waals surface area contributed by atoms with Crippen LogP contribution in [-0.2, 0) is 27.1 Å². The molecular weight excluding hydrogens is 619 g/mol. The first-order valence-electron chi connectivity index (χ1n) is 16.3. The summed E-state index contributed by atoms with van der Waals surface area (Å²) in [6.07, 6.45) is 6.06. The Morgan fingerprint density at radius 3 is 2.21 bits per heavy atom. The van der Waals surface area contributed by atoms with E-state index in [1.165, 1.54) is 36.0 Å². The van der Waals surface area contributed by atoms with Crippen LogP contribution in [0.4, 0.5) is 23.7 Å². The predicted molar refractivity (Wildman–Crippen MR) is 177 cm³/mol. The molecule has 1 saturated heterocycles. The Morgan fingerprint density at radius 1 is 0.875 bits per heavy atom. The highest BCUT2D eigenvalue weighted by Crippen LogP contribution is 2.30. The smallest absolute Gasteiger partial charge is 0.407 e. The molecule has 0 spiro atoms. The summed E-state index contributed by atoms with van der Waals surface area (Å²) < 4.78 is 53.6. The normalized spacial score (nSPS) is 16.0. The second kappa shape index (κ2) is 17.5. The maximum atomic E-state index is 15.0. The van der Waals surface area contributed by atoms with E-state index < -0.39 is 29.5 Å². The van der Waals surface area contributed by atoms with Crippen LogP contribution in [0.15, 0.2) is 91.3 Å². The van der Waals surface area contributed by atoms with E-state index in [-0.39, 0.29) is 36.6 Å². The molecule has 0 unspecified atom stereocenters. The number of aromatic nitrogens is 1. The minimum atomic E-state index is -0.529. The van der Waals surface area contributed by atoms with Crippen molar-refractivity contribution in [2.75, 3.05) is 25.1 Å². The molecule has 1 aliphatic heterocycles. The fourth-order valence-electron chi connectivity index (χ4n) is 5.93. The van der Waals surface area contributed by atoms with Gasteiger partial charge in [-0.1, -0.05) is 54.6 Å². The standard InChI is InChI=1S/C38H40F3N3O4/c39-30-13-9-28(10-14-30)34(29-11-15-31(40)16-12-29)21-37(45)44-36-23-42-22-35(41)33(36)19-18-32-17-8-27(24-47-32)25-48-38(46)43-20-4-7-26-5-2-1-3-6-26/h1-3,5-6,9-16,22-23,27,32,34H,4,7-8,17-21,24-25H2,(H,43,46)(H,44,45)/t27-,32-/m0/s1. The van der Waals surface area contributed by atoms with Crippen molar-refractivity contribution in [1.29, 1.82) is 0 Å². The first-order valence-corrected chi connectivity index (χ1v) is 16.3. The molecule has 2 amide bonds. The number of rotatable bonds is 14. The Kier molecular flexibility index (Phi) is 12.6. The van der Waals surface area contributed by atoms with Gasteiger partial charge in [0.25, 0.3) is 0 Å². The first-order chi connectivity index (χ1) is 23.3. The SMILES string of the molecule is O=C(CC(c1ccc(F)cc1)c1ccc(F)cc1)Nc1cncc(F)c1CC[C@@H]1CC[C@H](COC(=O)NCCCc2ccccc2)CO1. The molecule has 3 aromatic carbocycles. The third-order valence-corrected chi connectivity index (χ3v) is 8.60. The molecule has 4 aromatic rings. The lowest BCUT2D eigenvalue weighted by Gasteiger charge is -2.29. The van der Waals surface area contributed by atoms with Gasteiger partial charge in [0.05, 0.1) is 37.4 Å². The number of hydrogen-bond donors (Lipinski definition) is 2. The number of nitrogens with one attached hydrogen (secondary N) is 2. The van der Waals surface area contributed by atoms with E-state index in [0.717, 1.165) is 31.9 Å². The number of benzene rings is 3. The zero-order valence-corrected chi connectivity index (χ0v) is 26.7. The maximum absolute atomic E-state index is 15.0. The maximum Gasteiger partial charge on any atom is 0.407 e. The number of carbonyl (C=O) groups excluding carboxylic acids is 2. The minimum absolute atomic E-state index is 0.0336. The number of pyridine rings is 1. The van der Waals surface area contributed by atoms with Gasteiger partial charge in [0.2, 0.25) is 5.91 Å². The Bertz CT molecular complexity index is 1570. The third kappa shape index (κ3) is 10.4. The lowest BCUT2D eigenvalue weighted by atomic mass is 9.88.